The fourth-order valence-corrected chi connectivity index (χ4v) is 6.77. The first-order valence-corrected chi connectivity index (χ1v) is 17.6. The Kier molecular flexibility index (Phi) is 13.1. The molecule has 2 amide bonds. The van der Waals surface area contributed by atoms with Crippen LogP contribution in [0.25, 0.3) is 0 Å². The summed E-state index contributed by atoms with van der Waals surface area (Å²) in [6.07, 6.45) is 0.395. The highest BCUT2D eigenvalue weighted by atomic mass is 79.9. The van der Waals surface area contributed by atoms with Gasteiger partial charge in [-0.1, -0.05) is 38.1 Å². The first-order valence-electron chi connectivity index (χ1n) is 16.8. The van der Waals surface area contributed by atoms with Crippen molar-refractivity contribution in [2.45, 2.75) is 65.9 Å². The summed E-state index contributed by atoms with van der Waals surface area (Å²) in [4.78, 5) is 42.7. The third-order valence-electron chi connectivity index (χ3n) is 8.38. The lowest BCUT2D eigenvalue weighted by Gasteiger charge is -2.44. The normalized spacial score (nSPS) is 20.4. The fraction of sp³-hybridized carbons (Fsp3) is 0.447. The summed E-state index contributed by atoms with van der Waals surface area (Å²) in [5, 5.41) is 17.7. The third-order valence-corrected chi connectivity index (χ3v) is 8.97. The Labute approximate surface area is 297 Å². The summed E-state index contributed by atoms with van der Waals surface area (Å²) in [5.74, 6) is -3.28. The number of benzene rings is 3. The van der Waals surface area contributed by atoms with Gasteiger partial charge in [-0.05, 0) is 97.9 Å². The Morgan fingerprint density at radius 3 is 1.94 bits per heavy atom. The summed E-state index contributed by atoms with van der Waals surface area (Å²) < 4.78 is 24.1. The predicted molar refractivity (Wildman–Crippen MR) is 193 cm³/mol. The number of ketones is 1. The lowest BCUT2D eigenvalue weighted by atomic mass is 9.61. The molecule has 0 aromatic heterocycles. The van der Waals surface area contributed by atoms with Crippen molar-refractivity contribution < 1.29 is 38.4 Å². The van der Waals surface area contributed by atoms with E-state index in [4.69, 9.17) is 18.9 Å². The molecule has 1 saturated carbocycles. The van der Waals surface area contributed by atoms with Gasteiger partial charge in [-0.3, -0.25) is 14.4 Å². The molecule has 0 radical (unpaired) electrons. The first-order chi connectivity index (χ1) is 23.4. The van der Waals surface area contributed by atoms with E-state index in [1.54, 1.807) is 60.7 Å². The van der Waals surface area contributed by atoms with Crippen LogP contribution in [-0.4, -0.2) is 54.7 Å². The number of ether oxygens (including phenoxy) is 4. The van der Waals surface area contributed by atoms with Crippen LogP contribution in [0.5, 0.6) is 23.0 Å². The molecule has 264 valence electrons. The summed E-state index contributed by atoms with van der Waals surface area (Å²) in [6.45, 7) is 12.7. The molecule has 0 spiro atoms. The van der Waals surface area contributed by atoms with Crippen LogP contribution in [0.4, 0.5) is 11.4 Å². The third kappa shape index (κ3) is 9.13. The summed E-state index contributed by atoms with van der Waals surface area (Å²) >= 11 is 3.63. The maximum absolute atomic E-state index is 14.4. The predicted octanol–water partition coefficient (Wildman–Crippen LogP) is 7.39. The molecule has 3 aromatic rings. The molecule has 0 bridgehead atoms. The van der Waals surface area contributed by atoms with Gasteiger partial charge < -0.3 is 34.7 Å². The van der Waals surface area contributed by atoms with Crippen LogP contribution >= 0.6 is 15.9 Å². The highest BCUT2D eigenvalue weighted by Crippen LogP contribution is 2.50. The average molecular weight is 740 g/mol. The van der Waals surface area contributed by atoms with E-state index in [-0.39, 0.29) is 0 Å². The molecule has 1 aliphatic carbocycles. The van der Waals surface area contributed by atoms with Gasteiger partial charge in [0.15, 0.2) is 11.5 Å². The lowest BCUT2D eigenvalue weighted by molar-refractivity contribution is -0.150. The molecule has 1 aliphatic rings. The average Bonchev–Trinajstić information content (AvgIpc) is 3.03. The van der Waals surface area contributed by atoms with E-state index in [1.807, 2.05) is 20.8 Å². The quantitative estimate of drug-likeness (QED) is 0.138. The van der Waals surface area contributed by atoms with E-state index in [0.717, 1.165) is 6.42 Å². The highest BCUT2D eigenvalue weighted by molar-refractivity contribution is 9.10. The standard InChI is InChI=1S/C38H47BrN2O8/c1-7-46-29-16-12-10-14-26(29)40-36(43)33-28(42)22-38(6,45)34(37(44)41-27-15-11-13-17-30(27)47-8-2)32(33)24-20-25(39)35(31(21-24)48-9-3)49-19-18-23(4)5/h10-17,20-21,23,32-34,45H,7-9,18-19,22H2,1-6H3,(H,40,43)(H,41,44). The Morgan fingerprint density at radius 1 is 0.857 bits per heavy atom. The Balaban J connectivity index is 1.86. The monoisotopic (exact) mass is 738 g/mol. The molecule has 0 saturated heterocycles. The van der Waals surface area contributed by atoms with Gasteiger partial charge in [-0.25, -0.2) is 0 Å². The van der Waals surface area contributed by atoms with Crippen molar-refractivity contribution >= 4 is 44.9 Å². The number of carbonyl (C=O) groups is 3. The van der Waals surface area contributed by atoms with Gasteiger partial charge in [0.2, 0.25) is 11.8 Å². The zero-order valence-corrected chi connectivity index (χ0v) is 30.6. The summed E-state index contributed by atoms with van der Waals surface area (Å²) in [6, 6.07) is 17.3. The van der Waals surface area contributed by atoms with Crippen molar-refractivity contribution in [3.05, 3.63) is 70.7 Å². The zero-order chi connectivity index (χ0) is 35.7. The van der Waals surface area contributed by atoms with Crippen molar-refractivity contribution in [2.75, 3.05) is 37.1 Å². The molecule has 11 heteroatoms. The Bertz CT molecular complexity index is 1620. The molecule has 4 atom stereocenters. The minimum Gasteiger partial charge on any atom is -0.492 e. The Morgan fingerprint density at radius 2 is 1.39 bits per heavy atom. The second-order valence-electron chi connectivity index (χ2n) is 12.6. The molecule has 0 aliphatic heterocycles. The molecule has 49 heavy (non-hydrogen) atoms. The molecule has 4 unspecified atom stereocenters. The van der Waals surface area contributed by atoms with Crippen LogP contribution in [0.15, 0.2) is 65.1 Å². The SMILES string of the molecule is CCOc1ccccc1NC(=O)C1C(=O)CC(C)(O)C(C(=O)Nc2ccccc2OCC)C1c1cc(Br)c(OCCC(C)C)c(OCC)c1. The smallest absolute Gasteiger partial charge is 0.235 e. The van der Waals surface area contributed by atoms with E-state index in [2.05, 4.69) is 40.4 Å². The van der Waals surface area contributed by atoms with Gasteiger partial charge in [0.05, 0.1) is 53.8 Å². The number of hydrogen-bond acceptors (Lipinski definition) is 8. The Hall–Kier alpha value is -4.09. The highest BCUT2D eigenvalue weighted by Gasteiger charge is 2.56. The van der Waals surface area contributed by atoms with Gasteiger partial charge in [0.1, 0.15) is 23.2 Å². The first kappa shape index (κ1) is 37.7. The van der Waals surface area contributed by atoms with Gasteiger partial charge in [-0.2, -0.15) is 0 Å². The van der Waals surface area contributed by atoms with Crippen LogP contribution in [0.1, 0.15) is 65.9 Å². The van der Waals surface area contributed by atoms with Crippen LogP contribution in [0.3, 0.4) is 0 Å². The molecule has 3 aromatic carbocycles. The molecular formula is C38H47BrN2O8. The van der Waals surface area contributed by atoms with E-state index >= 15 is 0 Å². The second-order valence-corrected chi connectivity index (χ2v) is 13.5. The number of para-hydroxylation sites is 4. The summed E-state index contributed by atoms with van der Waals surface area (Å²) in [5.41, 5.74) is -0.597. The number of hydrogen-bond donors (Lipinski definition) is 3. The van der Waals surface area contributed by atoms with E-state index < -0.39 is 47.4 Å². The summed E-state index contributed by atoms with van der Waals surface area (Å²) in [7, 11) is 0. The minimum absolute atomic E-state index is 0.313. The molecule has 4 rings (SSSR count). The number of amides is 2. The number of aliphatic hydroxyl groups is 1. The van der Waals surface area contributed by atoms with E-state index in [0.29, 0.717) is 76.8 Å². The maximum atomic E-state index is 14.4. The number of Topliss-reactive ketones (excluding diaryl/α,β-unsaturated/α-hetero) is 1. The van der Waals surface area contributed by atoms with E-state index in [1.165, 1.54) is 6.92 Å². The van der Waals surface area contributed by atoms with Crippen LogP contribution in [-0.2, 0) is 14.4 Å². The molecule has 3 N–H and O–H groups in total. The number of nitrogens with one attached hydrogen (secondary N) is 2. The number of rotatable bonds is 15. The van der Waals surface area contributed by atoms with Crippen LogP contribution in [0, 0.1) is 17.8 Å². The maximum Gasteiger partial charge on any atom is 0.235 e. The minimum atomic E-state index is -1.82. The van der Waals surface area contributed by atoms with Crippen molar-refractivity contribution in [3.63, 3.8) is 0 Å². The van der Waals surface area contributed by atoms with Crippen LogP contribution in [0.2, 0.25) is 0 Å². The zero-order valence-electron chi connectivity index (χ0n) is 29.0. The second kappa shape index (κ2) is 17.0. The van der Waals surface area contributed by atoms with Gasteiger partial charge in [-0.15, -0.1) is 0 Å². The topological polar surface area (TPSA) is 132 Å². The number of halogens is 1. The fourth-order valence-electron chi connectivity index (χ4n) is 6.20. The molecule has 0 heterocycles. The van der Waals surface area contributed by atoms with Gasteiger partial charge in [0.25, 0.3) is 0 Å². The number of anilines is 2. The van der Waals surface area contributed by atoms with Crippen molar-refractivity contribution in [2.24, 2.45) is 17.8 Å². The molecule has 1 fully saturated rings. The number of carbonyl (C=O) groups excluding carboxylic acids is 3. The van der Waals surface area contributed by atoms with Crippen molar-refractivity contribution in [1.29, 1.82) is 0 Å². The van der Waals surface area contributed by atoms with Crippen molar-refractivity contribution in [3.8, 4) is 23.0 Å². The molecule has 10 nitrogen and oxygen atoms in total. The van der Waals surface area contributed by atoms with Gasteiger partial charge >= 0.3 is 0 Å². The van der Waals surface area contributed by atoms with E-state index in [9.17, 15) is 19.5 Å². The molecular weight excluding hydrogens is 692 g/mol. The van der Waals surface area contributed by atoms with Crippen molar-refractivity contribution in [1.82, 2.24) is 0 Å². The lowest BCUT2D eigenvalue weighted by Crippen LogP contribution is -2.56. The van der Waals surface area contributed by atoms with Gasteiger partial charge in [0, 0.05) is 12.3 Å². The largest absolute Gasteiger partial charge is 0.492 e. The van der Waals surface area contributed by atoms with Crippen LogP contribution < -0.4 is 29.6 Å².